The Kier molecular flexibility index (Phi) is 5.96. The predicted molar refractivity (Wildman–Crippen MR) is 77.3 cm³/mol. The first-order valence-corrected chi connectivity index (χ1v) is 7.69. The van der Waals surface area contributed by atoms with Crippen molar-refractivity contribution in [2.75, 3.05) is 20.2 Å². The molecular weight excluding hydrogens is 304 g/mol. The molecule has 0 amide bonds. The Labute approximate surface area is 125 Å². The van der Waals surface area contributed by atoms with Gasteiger partial charge in [-0.1, -0.05) is 0 Å². The Morgan fingerprint density at radius 2 is 2.30 bits per heavy atom. The number of H-pyrrole nitrogens is 1. The molecule has 1 aromatic heterocycles. The summed E-state index contributed by atoms with van der Waals surface area (Å²) < 4.78 is 32.0. The molecule has 2 atom stereocenters. The second kappa shape index (κ2) is 6.86. The van der Waals surface area contributed by atoms with Gasteiger partial charge in [0.15, 0.2) is 0 Å². The van der Waals surface area contributed by atoms with Crippen molar-refractivity contribution in [3.8, 4) is 0 Å². The van der Waals surface area contributed by atoms with Crippen LogP contribution >= 0.6 is 12.4 Å². The number of ether oxygens (including phenoxy) is 1. The predicted octanol–water partition coefficient (Wildman–Crippen LogP) is 0.267. The number of nitrogens with zero attached hydrogens (tertiary/aromatic N) is 2. The van der Waals surface area contributed by atoms with Gasteiger partial charge in [0, 0.05) is 26.2 Å². The monoisotopic (exact) mass is 324 g/mol. The summed E-state index contributed by atoms with van der Waals surface area (Å²) >= 11 is 0. The molecule has 20 heavy (non-hydrogen) atoms. The van der Waals surface area contributed by atoms with Gasteiger partial charge in [-0.3, -0.25) is 5.10 Å². The highest BCUT2D eigenvalue weighted by atomic mass is 35.5. The molecule has 2 unspecified atom stereocenters. The summed E-state index contributed by atoms with van der Waals surface area (Å²) in [7, 11) is -1.90. The van der Waals surface area contributed by atoms with Gasteiger partial charge in [-0.25, -0.2) is 8.42 Å². The third kappa shape index (κ3) is 3.15. The molecule has 1 aliphatic heterocycles. The summed E-state index contributed by atoms with van der Waals surface area (Å²) in [5, 5.41) is 6.43. The first kappa shape index (κ1) is 17.4. The van der Waals surface area contributed by atoms with Crippen LogP contribution < -0.4 is 5.73 Å². The molecule has 7 nitrogen and oxygen atoms in total. The van der Waals surface area contributed by atoms with Gasteiger partial charge in [0.05, 0.1) is 18.0 Å². The Balaban J connectivity index is 0.00000200. The number of aromatic amines is 1. The van der Waals surface area contributed by atoms with E-state index in [0.29, 0.717) is 25.1 Å². The van der Waals surface area contributed by atoms with Crippen LogP contribution in [0.4, 0.5) is 0 Å². The molecule has 9 heteroatoms. The summed E-state index contributed by atoms with van der Waals surface area (Å²) in [6.07, 6.45) is 2.73. The standard InChI is InChI=1S/C11H20N4O3S.ClH/c1-8-11(7-13-14-8)19(16,17)15-4-3-10(18-2)5-9(15)6-12;/h7,9-10H,3-6,12H2,1-2H3,(H,13,14);1H. The van der Waals surface area contributed by atoms with E-state index in [1.165, 1.54) is 10.5 Å². The number of piperidine rings is 1. The zero-order valence-electron chi connectivity index (χ0n) is 11.6. The molecule has 0 aromatic carbocycles. The number of hydrogen-bond acceptors (Lipinski definition) is 5. The fourth-order valence-electron chi connectivity index (χ4n) is 2.46. The van der Waals surface area contributed by atoms with Crippen molar-refractivity contribution in [1.82, 2.24) is 14.5 Å². The van der Waals surface area contributed by atoms with Crippen LogP contribution in [0.15, 0.2) is 11.1 Å². The minimum atomic E-state index is -3.54. The van der Waals surface area contributed by atoms with E-state index in [1.807, 2.05) is 0 Å². The number of nitrogens with two attached hydrogens (primary N) is 1. The van der Waals surface area contributed by atoms with E-state index in [-0.39, 0.29) is 36.0 Å². The van der Waals surface area contributed by atoms with E-state index in [9.17, 15) is 8.42 Å². The maximum Gasteiger partial charge on any atom is 0.246 e. The van der Waals surface area contributed by atoms with Crippen LogP contribution in [-0.2, 0) is 14.8 Å². The third-order valence-corrected chi connectivity index (χ3v) is 5.65. The Morgan fingerprint density at radius 3 is 2.80 bits per heavy atom. The lowest BCUT2D eigenvalue weighted by atomic mass is 10.0. The normalized spacial score (nSPS) is 24.4. The van der Waals surface area contributed by atoms with E-state index in [0.717, 1.165) is 0 Å². The number of methoxy groups -OCH3 is 1. The fourth-order valence-corrected chi connectivity index (χ4v) is 4.24. The number of rotatable bonds is 4. The molecule has 0 bridgehead atoms. The van der Waals surface area contributed by atoms with Crippen LogP contribution in [0.5, 0.6) is 0 Å². The largest absolute Gasteiger partial charge is 0.381 e. The van der Waals surface area contributed by atoms with Gasteiger partial charge in [0.2, 0.25) is 10.0 Å². The van der Waals surface area contributed by atoms with E-state index < -0.39 is 10.0 Å². The maximum absolute atomic E-state index is 12.6. The van der Waals surface area contributed by atoms with Crippen LogP contribution in [0, 0.1) is 6.92 Å². The minimum absolute atomic E-state index is 0. The van der Waals surface area contributed by atoms with E-state index in [1.54, 1.807) is 14.0 Å². The van der Waals surface area contributed by atoms with Crippen molar-refractivity contribution in [1.29, 1.82) is 0 Å². The van der Waals surface area contributed by atoms with Crippen molar-refractivity contribution >= 4 is 22.4 Å². The zero-order valence-corrected chi connectivity index (χ0v) is 13.2. The van der Waals surface area contributed by atoms with Gasteiger partial charge < -0.3 is 10.5 Å². The van der Waals surface area contributed by atoms with Gasteiger partial charge in [-0.05, 0) is 19.8 Å². The van der Waals surface area contributed by atoms with Crippen LogP contribution in [-0.4, -0.2) is 55.3 Å². The molecule has 3 N–H and O–H groups in total. The molecule has 2 rings (SSSR count). The number of hydrogen-bond donors (Lipinski definition) is 2. The van der Waals surface area contributed by atoms with Crippen molar-refractivity contribution in [3.05, 3.63) is 11.9 Å². The average Bonchev–Trinajstić information content (AvgIpc) is 2.84. The molecule has 0 spiro atoms. The highest BCUT2D eigenvalue weighted by Crippen LogP contribution is 2.27. The Hall–Kier alpha value is -0.670. The minimum Gasteiger partial charge on any atom is -0.381 e. The second-order valence-corrected chi connectivity index (χ2v) is 6.61. The SMILES string of the molecule is COC1CCN(S(=O)(=O)c2cn[nH]c2C)C(CN)C1.Cl. The molecule has 0 aliphatic carbocycles. The number of halogens is 1. The van der Waals surface area contributed by atoms with Gasteiger partial charge in [-0.2, -0.15) is 9.40 Å². The summed E-state index contributed by atoms with van der Waals surface area (Å²) in [4.78, 5) is 0.224. The molecule has 1 aliphatic rings. The van der Waals surface area contributed by atoms with Crippen molar-refractivity contribution in [3.63, 3.8) is 0 Å². The molecule has 116 valence electrons. The van der Waals surface area contributed by atoms with Crippen LogP contribution in [0.25, 0.3) is 0 Å². The maximum atomic E-state index is 12.6. The number of aryl methyl sites for hydroxylation is 1. The van der Waals surface area contributed by atoms with Gasteiger partial charge in [-0.15, -0.1) is 12.4 Å². The molecule has 1 fully saturated rings. The van der Waals surface area contributed by atoms with E-state index >= 15 is 0 Å². The summed E-state index contributed by atoms with van der Waals surface area (Å²) in [5.41, 5.74) is 6.26. The quantitative estimate of drug-likeness (QED) is 0.827. The summed E-state index contributed by atoms with van der Waals surface area (Å²) in [6, 6.07) is -0.224. The Bertz CT molecular complexity index is 534. The first-order valence-electron chi connectivity index (χ1n) is 6.25. The highest BCUT2D eigenvalue weighted by Gasteiger charge is 2.37. The number of aromatic nitrogens is 2. The summed E-state index contributed by atoms with van der Waals surface area (Å²) in [5.74, 6) is 0. The molecule has 2 heterocycles. The van der Waals surface area contributed by atoms with Crippen LogP contribution in [0.1, 0.15) is 18.5 Å². The van der Waals surface area contributed by atoms with Crippen molar-refractivity contribution in [2.24, 2.45) is 5.73 Å². The molecule has 0 radical (unpaired) electrons. The zero-order chi connectivity index (χ0) is 14.0. The topological polar surface area (TPSA) is 101 Å². The van der Waals surface area contributed by atoms with Gasteiger partial charge >= 0.3 is 0 Å². The molecule has 0 saturated carbocycles. The second-order valence-electron chi connectivity index (χ2n) is 4.75. The first-order chi connectivity index (χ1) is 9.00. The van der Waals surface area contributed by atoms with E-state index in [2.05, 4.69) is 10.2 Å². The lowest BCUT2D eigenvalue weighted by Crippen LogP contribution is -2.51. The lowest BCUT2D eigenvalue weighted by Gasteiger charge is -2.37. The molecular formula is C11H21ClN4O3S. The number of sulfonamides is 1. The van der Waals surface area contributed by atoms with Crippen molar-refractivity contribution < 1.29 is 13.2 Å². The lowest BCUT2D eigenvalue weighted by molar-refractivity contribution is 0.0401. The summed E-state index contributed by atoms with van der Waals surface area (Å²) in [6.45, 7) is 2.41. The average molecular weight is 325 g/mol. The smallest absolute Gasteiger partial charge is 0.246 e. The highest BCUT2D eigenvalue weighted by molar-refractivity contribution is 7.89. The van der Waals surface area contributed by atoms with Crippen LogP contribution in [0.2, 0.25) is 0 Å². The molecule has 1 aromatic rings. The van der Waals surface area contributed by atoms with Gasteiger partial charge in [0.25, 0.3) is 0 Å². The molecule has 1 saturated heterocycles. The third-order valence-electron chi connectivity index (χ3n) is 3.59. The number of nitrogens with one attached hydrogen (secondary N) is 1. The van der Waals surface area contributed by atoms with Gasteiger partial charge in [0.1, 0.15) is 4.90 Å². The van der Waals surface area contributed by atoms with Crippen LogP contribution in [0.3, 0.4) is 0 Å². The fraction of sp³-hybridized carbons (Fsp3) is 0.727. The van der Waals surface area contributed by atoms with E-state index in [4.69, 9.17) is 10.5 Å². The Morgan fingerprint density at radius 1 is 1.60 bits per heavy atom. The van der Waals surface area contributed by atoms with Crippen molar-refractivity contribution in [2.45, 2.75) is 36.8 Å².